The van der Waals surface area contributed by atoms with Crippen molar-refractivity contribution in [2.45, 2.75) is 52.3 Å². The van der Waals surface area contributed by atoms with Crippen LogP contribution in [-0.2, 0) is 0 Å². The maximum absolute atomic E-state index is 12.7. The lowest BCUT2D eigenvalue weighted by Gasteiger charge is -2.36. The monoisotopic (exact) mass is 280 g/mol. The van der Waals surface area contributed by atoms with Crippen LogP contribution in [0.4, 0.5) is 13.2 Å². The molecule has 5 heteroatoms. The Hall–Kier alpha value is -0.290. The second-order valence-electron chi connectivity index (χ2n) is 6.68. The lowest BCUT2D eigenvalue weighted by molar-refractivity contribution is -0.186. The lowest BCUT2D eigenvalue weighted by atomic mass is 9.84. The Morgan fingerprint density at radius 2 is 1.89 bits per heavy atom. The van der Waals surface area contributed by atoms with Crippen LogP contribution in [0, 0.1) is 11.3 Å². The van der Waals surface area contributed by atoms with Gasteiger partial charge in [-0.25, -0.2) is 0 Å². The average molecular weight is 280 g/mol. The molecule has 0 aromatic heterocycles. The molecule has 0 aliphatic carbocycles. The highest BCUT2D eigenvalue weighted by atomic mass is 19.4. The summed E-state index contributed by atoms with van der Waals surface area (Å²) in [6.07, 6.45) is -2.20. The largest absolute Gasteiger partial charge is 0.393 e. The molecule has 19 heavy (non-hydrogen) atoms. The Bertz CT molecular complexity index is 271. The van der Waals surface area contributed by atoms with E-state index in [0.717, 1.165) is 19.5 Å². The van der Waals surface area contributed by atoms with Crippen molar-refractivity contribution in [1.82, 2.24) is 10.2 Å². The average Bonchev–Trinajstić information content (AvgIpc) is 2.27. The first-order chi connectivity index (χ1) is 8.64. The Kier molecular flexibility index (Phi) is 5.68. The van der Waals surface area contributed by atoms with Crippen molar-refractivity contribution in [3.8, 4) is 0 Å². The second-order valence-corrected chi connectivity index (χ2v) is 6.68. The van der Waals surface area contributed by atoms with Gasteiger partial charge in [0.15, 0.2) is 0 Å². The van der Waals surface area contributed by atoms with E-state index in [0.29, 0.717) is 12.5 Å². The predicted octanol–water partition coefficient (Wildman–Crippen LogP) is 3.28. The minimum absolute atomic E-state index is 0.133. The standard InChI is InChI=1S/C14H27F3N2/c1-13(2,3)12(18-4)7-9-19-8-5-6-11(10-19)14(15,16)17/h11-12,18H,5-10H2,1-4H3. The maximum atomic E-state index is 12.7. The second kappa shape index (κ2) is 6.44. The fourth-order valence-electron chi connectivity index (χ4n) is 2.85. The number of alkyl halides is 3. The van der Waals surface area contributed by atoms with Crippen LogP contribution in [0.25, 0.3) is 0 Å². The molecule has 0 radical (unpaired) electrons. The predicted molar refractivity (Wildman–Crippen MR) is 72.1 cm³/mol. The highest BCUT2D eigenvalue weighted by molar-refractivity contribution is 4.83. The van der Waals surface area contributed by atoms with Crippen molar-refractivity contribution in [1.29, 1.82) is 0 Å². The van der Waals surface area contributed by atoms with Crippen LogP contribution in [0.1, 0.15) is 40.0 Å². The summed E-state index contributed by atoms with van der Waals surface area (Å²) in [6.45, 7) is 8.18. The molecule has 1 saturated heterocycles. The summed E-state index contributed by atoms with van der Waals surface area (Å²) in [6, 6.07) is 0.332. The van der Waals surface area contributed by atoms with Crippen LogP contribution in [-0.4, -0.2) is 43.8 Å². The molecule has 1 fully saturated rings. The summed E-state index contributed by atoms with van der Waals surface area (Å²) >= 11 is 0. The molecule has 1 aliphatic heterocycles. The zero-order chi connectivity index (χ0) is 14.7. The van der Waals surface area contributed by atoms with Crippen LogP contribution < -0.4 is 5.32 Å². The van der Waals surface area contributed by atoms with E-state index in [-0.39, 0.29) is 18.4 Å². The number of hydrogen-bond acceptors (Lipinski definition) is 2. The zero-order valence-electron chi connectivity index (χ0n) is 12.5. The quantitative estimate of drug-likeness (QED) is 0.850. The van der Waals surface area contributed by atoms with E-state index in [1.807, 2.05) is 11.9 Å². The molecular weight excluding hydrogens is 253 g/mol. The number of likely N-dealkylation sites (tertiary alicyclic amines) is 1. The first kappa shape index (κ1) is 16.8. The molecular formula is C14H27F3N2. The van der Waals surface area contributed by atoms with E-state index in [9.17, 15) is 13.2 Å². The number of halogens is 3. The number of nitrogens with one attached hydrogen (secondary N) is 1. The third-order valence-corrected chi connectivity index (χ3v) is 4.10. The molecule has 2 unspecified atom stereocenters. The van der Waals surface area contributed by atoms with Crippen LogP contribution in [0.3, 0.4) is 0 Å². The number of hydrogen-bond donors (Lipinski definition) is 1. The van der Waals surface area contributed by atoms with Gasteiger partial charge in [0.2, 0.25) is 0 Å². The van der Waals surface area contributed by atoms with Crippen molar-refractivity contribution in [3.63, 3.8) is 0 Å². The van der Waals surface area contributed by atoms with E-state index in [4.69, 9.17) is 0 Å². The summed E-state index contributed by atoms with van der Waals surface area (Å²) in [4.78, 5) is 1.97. The molecule has 1 aliphatic rings. The van der Waals surface area contributed by atoms with Gasteiger partial charge in [0, 0.05) is 12.6 Å². The lowest BCUT2D eigenvalue weighted by Crippen LogP contribution is -2.45. The minimum Gasteiger partial charge on any atom is -0.316 e. The third-order valence-electron chi connectivity index (χ3n) is 4.10. The van der Waals surface area contributed by atoms with Gasteiger partial charge in [-0.2, -0.15) is 13.2 Å². The van der Waals surface area contributed by atoms with Gasteiger partial charge in [-0.3, -0.25) is 0 Å². The van der Waals surface area contributed by atoms with E-state index in [1.165, 1.54) is 0 Å². The van der Waals surface area contributed by atoms with Crippen LogP contribution in [0.2, 0.25) is 0 Å². The molecule has 114 valence electrons. The number of nitrogens with zero attached hydrogens (tertiary/aromatic N) is 1. The Morgan fingerprint density at radius 3 is 2.37 bits per heavy atom. The van der Waals surface area contributed by atoms with Crippen LogP contribution in [0.15, 0.2) is 0 Å². The first-order valence-electron chi connectivity index (χ1n) is 7.11. The topological polar surface area (TPSA) is 15.3 Å². The molecule has 0 bridgehead atoms. The summed E-state index contributed by atoms with van der Waals surface area (Å²) < 4.78 is 38.2. The first-order valence-corrected chi connectivity index (χ1v) is 7.11. The highest BCUT2D eigenvalue weighted by Crippen LogP contribution is 2.33. The molecule has 1 N–H and O–H groups in total. The fourth-order valence-corrected chi connectivity index (χ4v) is 2.85. The van der Waals surface area contributed by atoms with Gasteiger partial charge < -0.3 is 10.2 Å². The van der Waals surface area contributed by atoms with Crippen molar-refractivity contribution in [3.05, 3.63) is 0 Å². The Balaban J connectivity index is 2.45. The van der Waals surface area contributed by atoms with Crippen molar-refractivity contribution in [2.24, 2.45) is 11.3 Å². The summed E-state index contributed by atoms with van der Waals surface area (Å²) in [7, 11) is 1.92. The van der Waals surface area contributed by atoms with Gasteiger partial charge in [-0.15, -0.1) is 0 Å². The molecule has 0 amide bonds. The van der Waals surface area contributed by atoms with Crippen molar-refractivity contribution >= 4 is 0 Å². The van der Waals surface area contributed by atoms with Gasteiger partial charge >= 0.3 is 6.18 Å². The molecule has 2 nitrogen and oxygen atoms in total. The molecule has 1 heterocycles. The van der Waals surface area contributed by atoms with Gasteiger partial charge in [-0.05, 0) is 44.8 Å². The van der Waals surface area contributed by atoms with Crippen molar-refractivity contribution < 1.29 is 13.2 Å². The van der Waals surface area contributed by atoms with Gasteiger partial charge in [-0.1, -0.05) is 20.8 Å². The summed E-state index contributed by atoms with van der Waals surface area (Å²) in [5.41, 5.74) is 0.133. The number of piperidine rings is 1. The normalized spacial score (nSPS) is 24.5. The minimum atomic E-state index is -4.04. The van der Waals surface area contributed by atoms with Gasteiger partial charge in [0.25, 0.3) is 0 Å². The van der Waals surface area contributed by atoms with Gasteiger partial charge in [0.1, 0.15) is 0 Å². The molecule has 2 atom stereocenters. The summed E-state index contributed by atoms with van der Waals surface area (Å²) in [5, 5.41) is 3.27. The molecule has 0 aromatic carbocycles. The van der Waals surface area contributed by atoms with E-state index in [2.05, 4.69) is 26.1 Å². The Labute approximate surface area is 114 Å². The van der Waals surface area contributed by atoms with E-state index >= 15 is 0 Å². The number of rotatable bonds is 4. The van der Waals surface area contributed by atoms with Crippen LogP contribution in [0.5, 0.6) is 0 Å². The maximum Gasteiger partial charge on any atom is 0.393 e. The molecule has 0 saturated carbocycles. The van der Waals surface area contributed by atoms with E-state index < -0.39 is 12.1 Å². The SMILES string of the molecule is CNC(CCN1CCCC(C(F)(F)F)C1)C(C)(C)C. The third kappa shape index (κ3) is 5.30. The van der Waals surface area contributed by atoms with Crippen LogP contribution >= 0.6 is 0 Å². The molecule has 1 rings (SSSR count). The zero-order valence-corrected chi connectivity index (χ0v) is 12.5. The van der Waals surface area contributed by atoms with Crippen molar-refractivity contribution in [2.75, 3.05) is 26.7 Å². The highest BCUT2D eigenvalue weighted by Gasteiger charge is 2.41. The smallest absolute Gasteiger partial charge is 0.316 e. The fraction of sp³-hybridized carbons (Fsp3) is 1.00. The van der Waals surface area contributed by atoms with Gasteiger partial charge in [0.05, 0.1) is 5.92 Å². The molecule has 0 spiro atoms. The Morgan fingerprint density at radius 1 is 1.26 bits per heavy atom. The summed E-state index contributed by atoms with van der Waals surface area (Å²) in [5.74, 6) is -1.14. The molecule has 0 aromatic rings. The van der Waals surface area contributed by atoms with E-state index in [1.54, 1.807) is 0 Å².